The van der Waals surface area contributed by atoms with Gasteiger partial charge in [0.1, 0.15) is 18.4 Å². The number of nitrogens with one attached hydrogen (secondary N) is 2. The number of fused-ring (bicyclic) bond motifs is 1. The lowest BCUT2D eigenvalue weighted by Crippen LogP contribution is -2.64. The van der Waals surface area contributed by atoms with E-state index in [1.54, 1.807) is 0 Å². The highest BCUT2D eigenvalue weighted by Gasteiger charge is 2.62. The van der Waals surface area contributed by atoms with Gasteiger partial charge in [0.05, 0.1) is 12.2 Å². The molecule has 3 saturated carbocycles. The van der Waals surface area contributed by atoms with E-state index in [-0.39, 0.29) is 41.9 Å². The fourth-order valence-electron chi connectivity index (χ4n) is 4.81. The van der Waals surface area contributed by atoms with Gasteiger partial charge < -0.3 is 19.8 Å². The second kappa shape index (κ2) is 7.65. The Morgan fingerprint density at radius 1 is 1.12 bits per heavy atom. The first kappa shape index (κ1) is 23.4. The van der Waals surface area contributed by atoms with Crippen LogP contribution in [0.5, 0.6) is 5.75 Å². The van der Waals surface area contributed by atoms with Crippen LogP contribution in [0.3, 0.4) is 0 Å². The smallest absolute Gasteiger partial charge is 0.419 e. The van der Waals surface area contributed by atoms with Gasteiger partial charge in [-0.15, -0.1) is 0 Å². The molecule has 5 rings (SSSR count). The quantitative estimate of drug-likeness (QED) is 0.437. The van der Waals surface area contributed by atoms with Crippen LogP contribution in [0.2, 0.25) is 18.1 Å². The number of benzene rings is 1. The largest absolute Gasteiger partial charge is 0.490 e. The second-order valence-electron chi connectivity index (χ2n) is 11.1. The lowest BCUT2D eigenvalue weighted by molar-refractivity contribution is -0.148. The maximum Gasteiger partial charge on any atom is 0.419 e. The molecule has 1 aromatic rings. The molecule has 32 heavy (non-hydrogen) atoms. The van der Waals surface area contributed by atoms with Crippen LogP contribution in [0.1, 0.15) is 51.2 Å². The van der Waals surface area contributed by atoms with Crippen LogP contribution in [0.15, 0.2) is 12.1 Å². The van der Waals surface area contributed by atoms with Crippen molar-refractivity contribution in [3.05, 3.63) is 23.3 Å². The minimum Gasteiger partial charge on any atom is -0.490 e. The Kier molecular flexibility index (Phi) is 5.60. The number of anilines is 1. The van der Waals surface area contributed by atoms with Crippen LogP contribution < -0.4 is 15.4 Å². The average Bonchev–Trinajstić information content (AvgIpc) is 2.74. The molecule has 1 heterocycles. The molecule has 5 nitrogen and oxygen atoms in total. The summed E-state index contributed by atoms with van der Waals surface area (Å²) < 4.78 is 53.1. The van der Waals surface area contributed by atoms with Crippen molar-refractivity contribution in [2.45, 2.75) is 76.9 Å². The highest BCUT2D eigenvalue weighted by Crippen LogP contribution is 2.66. The fourth-order valence-corrected chi connectivity index (χ4v) is 5.84. The van der Waals surface area contributed by atoms with Crippen LogP contribution >= 0.6 is 0 Å². The lowest BCUT2D eigenvalue weighted by Gasteiger charge is -2.64. The summed E-state index contributed by atoms with van der Waals surface area (Å²) in [7, 11) is -2.03. The van der Waals surface area contributed by atoms with Crippen molar-refractivity contribution in [2.24, 2.45) is 11.3 Å². The SMILES string of the molecule is CC(C)(C)[Si](C)(C)OCCOc1c(C(F)(F)F)ccc2c1CNC(=O)C(C13CC(C1)C3)N2. The lowest BCUT2D eigenvalue weighted by atomic mass is 9.41. The van der Waals surface area contributed by atoms with Crippen LogP contribution in [0, 0.1) is 11.3 Å². The molecule has 0 radical (unpaired) electrons. The molecule has 1 aliphatic heterocycles. The second-order valence-corrected chi connectivity index (χ2v) is 15.9. The normalized spacial score (nSPS) is 27.3. The van der Waals surface area contributed by atoms with Crippen molar-refractivity contribution in [2.75, 3.05) is 18.5 Å². The maximum absolute atomic E-state index is 13.8. The molecule has 3 aliphatic carbocycles. The molecule has 0 spiro atoms. The number of hydrogen-bond donors (Lipinski definition) is 2. The van der Waals surface area contributed by atoms with Crippen LogP contribution in [0.25, 0.3) is 0 Å². The third-order valence-electron chi connectivity index (χ3n) is 7.86. The Balaban J connectivity index is 1.56. The van der Waals surface area contributed by atoms with E-state index in [2.05, 4.69) is 44.5 Å². The summed E-state index contributed by atoms with van der Waals surface area (Å²) in [6.45, 7) is 10.7. The summed E-state index contributed by atoms with van der Waals surface area (Å²) in [4.78, 5) is 12.8. The van der Waals surface area contributed by atoms with Gasteiger partial charge in [-0.3, -0.25) is 4.79 Å². The third-order valence-corrected chi connectivity index (χ3v) is 12.4. The number of ether oxygens (including phenoxy) is 1. The van der Waals surface area contributed by atoms with Gasteiger partial charge in [-0.1, -0.05) is 20.8 Å². The van der Waals surface area contributed by atoms with E-state index in [1.165, 1.54) is 6.07 Å². The monoisotopic (exact) mass is 470 g/mol. The van der Waals surface area contributed by atoms with E-state index in [0.29, 0.717) is 17.2 Å². The van der Waals surface area contributed by atoms with Gasteiger partial charge in [-0.05, 0) is 55.4 Å². The summed E-state index contributed by atoms with van der Waals surface area (Å²) in [5.41, 5.74) is -0.0125. The van der Waals surface area contributed by atoms with Crippen molar-refractivity contribution < 1.29 is 27.1 Å². The molecule has 178 valence electrons. The highest BCUT2D eigenvalue weighted by molar-refractivity contribution is 6.74. The molecule has 1 unspecified atom stereocenters. The zero-order chi connectivity index (χ0) is 23.5. The number of halogens is 3. The number of hydrogen-bond acceptors (Lipinski definition) is 4. The molecule has 1 aromatic carbocycles. The van der Waals surface area contributed by atoms with E-state index in [1.807, 2.05) is 0 Å². The van der Waals surface area contributed by atoms with Crippen LogP contribution in [0.4, 0.5) is 18.9 Å². The molecule has 0 aromatic heterocycles. The predicted molar refractivity (Wildman–Crippen MR) is 119 cm³/mol. The molecule has 4 aliphatic rings. The van der Waals surface area contributed by atoms with E-state index in [4.69, 9.17) is 9.16 Å². The van der Waals surface area contributed by atoms with E-state index >= 15 is 0 Å². The van der Waals surface area contributed by atoms with Gasteiger partial charge in [0.15, 0.2) is 8.32 Å². The topological polar surface area (TPSA) is 59.6 Å². The van der Waals surface area contributed by atoms with Crippen molar-refractivity contribution >= 4 is 19.9 Å². The summed E-state index contributed by atoms with van der Waals surface area (Å²) >= 11 is 0. The number of amides is 1. The average molecular weight is 471 g/mol. The van der Waals surface area contributed by atoms with Gasteiger partial charge in [-0.25, -0.2) is 0 Å². The molecule has 1 amide bonds. The standard InChI is InChI=1S/C23H33F3N2O3Si/c1-21(2,3)32(4,5)31-9-8-30-18-15-13-27-20(29)19(22-10-14(11-22)12-22)28-17(15)7-6-16(18)23(24,25)26/h6-7,14,19,28H,8-13H2,1-5H3,(H,27,29). The minimum absolute atomic E-state index is 0.000476. The zero-order valence-corrected chi connectivity index (χ0v) is 20.4. The van der Waals surface area contributed by atoms with Gasteiger partial charge >= 0.3 is 6.18 Å². The molecular weight excluding hydrogens is 437 g/mol. The molecule has 1 atom stereocenters. The molecule has 3 fully saturated rings. The Morgan fingerprint density at radius 2 is 1.78 bits per heavy atom. The number of alkyl halides is 3. The zero-order valence-electron chi connectivity index (χ0n) is 19.4. The predicted octanol–water partition coefficient (Wildman–Crippen LogP) is 5.32. The first-order chi connectivity index (χ1) is 14.7. The maximum atomic E-state index is 13.8. The third kappa shape index (κ3) is 4.02. The molecule has 9 heteroatoms. The first-order valence-corrected chi connectivity index (χ1v) is 14.2. The Hall–Kier alpha value is -1.74. The van der Waals surface area contributed by atoms with Gasteiger partial charge in [-0.2, -0.15) is 13.2 Å². The summed E-state index contributed by atoms with van der Waals surface area (Å²) in [6.07, 6.45) is -1.55. The molecule has 2 bridgehead atoms. The Labute approximate surface area is 188 Å². The van der Waals surface area contributed by atoms with Crippen molar-refractivity contribution in [1.82, 2.24) is 5.32 Å². The Bertz CT molecular complexity index is 894. The van der Waals surface area contributed by atoms with Gasteiger partial charge in [0.2, 0.25) is 5.91 Å². The summed E-state index contributed by atoms with van der Waals surface area (Å²) in [5.74, 6) is 0.319. The molecule has 0 saturated heterocycles. The van der Waals surface area contributed by atoms with E-state index in [9.17, 15) is 18.0 Å². The molecular formula is C23H33F3N2O3Si. The number of rotatable bonds is 6. The van der Waals surface area contributed by atoms with Crippen molar-refractivity contribution in [3.63, 3.8) is 0 Å². The Morgan fingerprint density at radius 3 is 2.31 bits per heavy atom. The summed E-state index contributed by atoms with van der Waals surface area (Å²) in [6, 6.07) is 2.06. The van der Waals surface area contributed by atoms with Crippen LogP contribution in [-0.2, 0) is 21.9 Å². The fraction of sp³-hybridized carbons (Fsp3) is 0.696. The van der Waals surface area contributed by atoms with Gasteiger partial charge in [0.25, 0.3) is 0 Å². The van der Waals surface area contributed by atoms with Crippen molar-refractivity contribution in [3.8, 4) is 5.75 Å². The van der Waals surface area contributed by atoms with E-state index in [0.717, 1.165) is 25.3 Å². The minimum atomic E-state index is -4.56. The summed E-state index contributed by atoms with van der Waals surface area (Å²) in [5, 5.41) is 6.09. The number of carbonyl (C=O) groups excluding carboxylic acids is 1. The van der Waals surface area contributed by atoms with Crippen LogP contribution in [-0.4, -0.2) is 33.5 Å². The van der Waals surface area contributed by atoms with Gasteiger partial charge in [0, 0.05) is 23.2 Å². The van der Waals surface area contributed by atoms with Crippen molar-refractivity contribution in [1.29, 1.82) is 0 Å². The highest BCUT2D eigenvalue weighted by atomic mass is 28.4. The molecule has 2 N–H and O–H groups in total. The van der Waals surface area contributed by atoms with E-state index < -0.39 is 26.1 Å². The number of carbonyl (C=O) groups is 1. The first-order valence-electron chi connectivity index (χ1n) is 11.3.